The number of hydrogen-bond donors (Lipinski definition) is 1. The van der Waals surface area contributed by atoms with Crippen molar-refractivity contribution in [3.63, 3.8) is 0 Å². The third-order valence-corrected chi connectivity index (χ3v) is 6.41. The molecule has 0 unspecified atom stereocenters. The van der Waals surface area contributed by atoms with E-state index in [1.807, 2.05) is 0 Å². The van der Waals surface area contributed by atoms with Gasteiger partial charge in [-0.05, 0) is 31.5 Å². The minimum atomic E-state index is -3.52. The van der Waals surface area contributed by atoms with Crippen molar-refractivity contribution in [3.8, 4) is 5.88 Å². The summed E-state index contributed by atoms with van der Waals surface area (Å²) in [6.45, 7) is 5.83. The molecule has 0 atom stereocenters. The monoisotopic (exact) mass is 391 g/mol. The first-order valence-electron chi connectivity index (χ1n) is 8.66. The van der Waals surface area contributed by atoms with Crippen LogP contribution < -0.4 is 0 Å². The van der Waals surface area contributed by atoms with Crippen molar-refractivity contribution in [2.75, 3.05) is 12.4 Å². The van der Waals surface area contributed by atoms with Gasteiger partial charge in [0.05, 0.1) is 22.6 Å². The van der Waals surface area contributed by atoms with Crippen LogP contribution in [-0.2, 0) is 21.2 Å². The molecule has 0 aliphatic carbocycles. The summed E-state index contributed by atoms with van der Waals surface area (Å²) in [6.07, 6.45) is 1.77. The van der Waals surface area contributed by atoms with Gasteiger partial charge in [-0.15, -0.1) is 0 Å². The maximum Gasteiger partial charge on any atom is 0.220 e. The van der Waals surface area contributed by atoms with E-state index in [1.54, 1.807) is 20.8 Å². The molecule has 1 aliphatic rings. The van der Waals surface area contributed by atoms with Gasteiger partial charge in [0, 0.05) is 24.1 Å². The van der Waals surface area contributed by atoms with Crippen LogP contribution in [0.2, 0.25) is 0 Å². The number of nitrogens with zero attached hydrogens (tertiary/aromatic N) is 3. The Kier molecular flexibility index (Phi) is 5.05. The lowest BCUT2D eigenvalue weighted by atomic mass is 9.93. The van der Waals surface area contributed by atoms with Crippen LogP contribution in [0.4, 0.5) is 0 Å². The highest BCUT2D eigenvalue weighted by atomic mass is 32.2. The van der Waals surface area contributed by atoms with Gasteiger partial charge in [0.15, 0.2) is 15.6 Å². The van der Waals surface area contributed by atoms with E-state index in [4.69, 9.17) is 4.84 Å². The van der Waals surface area contributed by atoms with E-state index in [-0.39, 0.29) is 22.1 Å². The van der Waals surface area contributed by atoms with Crippen LogP contribution in [0.1, 0.15) is 47.3 Å². The molecule has 0 spiro atoms. The average Bonchev–Trinajstić information content (AvgIpc) is 3.30. The van der Waals surface area contributed by atoms with Gasteiger partial charge < -0.3 is 9.94 Å². The Labute approximate surface area is 157 Å². The topological polar surface area (TPSA) is 111 Å². The number of benzene rings is 1. The van der Waals surface area contributed by atoms with E-state index in [2.05, 4.69) is 10.3 Å². The molecule has 0 bridgehead atoms. The van der Waals surface area contributed by atoms with Crippen molar-refractivity contribution in [2.45, 2.75) is 38.6 Å². The smallest absolute Gasteiger partial charge is 0.220 e. The lowest BCUT2D eigenvalue weighted by Crippen LogP contribution is -2.16. The summed E-state index contributed by atoms with van der Waals surface area (Å²) in [7, 11) is -3.52. The lowest BCUT2D eigenvalue weighted by Gasteiger charge is -2.15. The Morgan fingerprint density at radius 2 is 2.04 bits per heavy atom. The zero-order valence-electron chi connectivity index (χ0n) is 15.4. The Morgan fingerprint density at radius 1 is 1.30 bits per heavy atom. The minimum Gasteiger partial charge on any atom is -0.493 e. The molecule has 9 heteroatoms. The zero-order valence-corrected chi connectivity index (χ0v) is 16.2. The number of carbonyl (C=O) groups excluding carboxylic acids is 1. The Balaban J connectivity index is 2.19. The number of aromatic nitrogens is 2. The number of rotatable bonds is 6. The highest BCUT2D eigenvalue weighted by Gasteiger charge is 2.28. The summed E-state index contributed by atoms with van der Waals surface area (Å²) in [5.41, 5.74) is 1.76. The highest BCUT2D eigenvalue weighted by Crippen LogP contribution is 2.30. The first-order valence-corrected chi connectivity index (χ1v) is 10.3. The molecule has 2 heterocycles. The van der Waals surface area contributed by atoms with Crippen molar-refractivity contribution in [1.82, 2.24) is 9.78 Å². The SMILES string of the molecule is CCn1ncc(C(=O)c2ccc(S(=O)(=O)CC)c(C3=NOCC3)c2C)c1O. The second-order valence-electron chi connectivity index (χ2n) is 6.16. The van der Waals surface area contributed by atoms with E-state index in [0.29, 0.717) is 42.0 Å². The van der Waals surface area contributed by atoms with Crippen LogP contribution in [-0.4, -0.2) is 47.2 Å². The molecule has 3 rings (SSSR count). The van der Waals surface area contributed by atoms with Crippen molar-refractivity contribution in [1.29, 1.82) is 0 Å². The molecule has 1 N–H and O–H groups in total. The maximum atomic E-state index is 13.0. The third-order valence-electron chi connectivity index (χ3n) is 4.64. The van der Waals surface area contributed by atoms with Crippen LogP contribution in [0.15, 0.2) is 28.4 Å². The molecule has 0 radical (unpaired) electrons. The van der Waals surface area contributed by atoms with Crippen LogP contribution in [0.25, 0.3) is 0 Å². The van der Waals surface area contributed by atoms with Gasteiger partial charge in [0.25, 0.3) is 0 Å². The van der Waals surface area contributed by atoms with Gasteiger partial charge in [-0.3, -0.25) is 4.79 Å². The van der Waals surface area contributed by atoms with Gasteiger partial charge in [-0.1, -0.05) is 12.1 Å². The number of ketones is 1. The Hall–Kier alpha value is -2.68. The summed E-state index contributed by atoms with van der Waals surface area (Å²) in [5.74, 6) is -0.702. The fourth-order valence-electron chi connectivity index (χ4n) is 3.10. The fraction of sp³-hybridized carbons (Fsp3) is 0.389. The first-order chi connectivity index (χ1) is 12.8. The highest BCUT2D eigenvalue weighted by molar-refractivity contribution is 7.91. The summed E-state index contributed by atoms with van der Waals surface area (Å²) < 4.78 is 26.4. The molecule has 1 aromatic heterocycles. The maximum absolute atomic E-state index is 13.0. The lowest BCUT2D eigenvalue weighted by molar-refractivity contribution is 0.103. The second kappa shape index (κ2) is 7.15. The standard InChI is InChI=1S/C18H21N3O5S/c1-4-21-18(23)13(10-19-21)17(22)12-6-7-15(27(24,25)5-2)16(11(12)3)14-8-9-26-20-14/h6-7,10,23H,4-5,8-9H2,1-3H3. The predicted molar refractivity (Wildman–Crippen MR) is 99.0 cm³/mol. The number of aromatic hydroxyl groups is 1. The number of sulfone groups is 1. The van der Waals surface area contributed by atoms with E-state index in [9.17, 15) is 18.3 Å². The molecule has 0 saturated carbocycles. The van der Waals surface area contributed by atoms with E-state index >= 15 is 0 Å². The molecule has 8 nitrogen and oxygen atoms in total. The number of oxime groups is 1. The molecule has 2 aromatic rings. The molecular weight excluding hydrogens is 370 g/mol. The molecule has 1 aromatic carbocycles. The largest absolute Gasteiger partial charge is 0.493 e. The normalized spacial score (nSPS) is 14.1. The van der Waals surface area contributed by atoms with E-state index < -0.39 is 15.6 Å². The molecular formula is C18H21N3O5S. The third kappa shape index (κ3) is 3.23. The Bertz CT molecular complexity index is 1040. The summed E-state index contributed by atoms with van der Waals surface area (Å²) >= 11 is 0. The molecule has 0 fully saturated rings. The van der Waals surface area contributed by atoms with Crippen molar-refractivity contribution in [3.05, 3.63) is 40.6 Å². The van der Waals surface area contributed by atoms with Gasteiger partial charge in [-0.2, -0.15) is 5.10 Å². The van der Waals surface area contributed by atoms with Crippen molar-refractivity contribution in [2.24, 2.45) is 5.16 Å². The summed E-state index contributed by atoms with van der Waals surface area (Å²) in [4.78, 5) is 18.2. The number of aryl methyl sites for hydroxylation is 1. The van der Waals surface area contributed by atoms with Gasteiger partial charge in [0.2, 0.25) is 5.88 Å². The minimum absolute atomic E-state index is 0.0646. The van der Waals surface area contributed by atoms with Crippen molar-refractivity contribution < 1.29 is 23.2 Å². The van der Waals surface area contributed by atoms with Crippen LogP contribution in [0.3, 0.4) is 0 Å². The first kappa shape index (κ1) is 19.1. The van der Waals surface area contributed by atoms with Crippen LogP contribution >= 0.6 is 0 Å². The molecule has 0 saturated heterocycles. The van der Waals surface area contributed by atoms with Crippen molar-refractivity contribution >= 4 is 21.3 Å². The second-order valence-corrected chi connectivity index (χ2v) is 8.41. The van der Waals surface area contributed by atoms with Gasteiger partial charge in [0.1, 0.15) is 12.2 Å². The van der Waals surface area contributed by atoms with E-state index in [0.717, 1.165) is 0 Å². The number of hydrogen-bond acceptors (Lipinski definition) is 7. The molecule has 144 valence electrons. The molecule has 0 amide bonds. The molecule has 1 aliphatic heterocycles. The van der Waals surface area contributed by atoms with Gasteiger partial charge >= 0.3 is 0 Å². The quantitative estimate of drug-likeness (QED) is 0.755. The van der Waals surface area contributed by atoms with Crippen LogP contribution in [0, 0.1) is 6.92 Å². The fourth-order valence-corrected chi connectivity index (χ4v) is 4.27. The Morgan fingerprint density at radius 3 is 2.59 bits per heavy atom. The average molecular weight is 391 g/mol. The predicted octanol–water partition coefficient (Wildman–Crippen LogP) is 2.07. The molecule has 27 heavy (non-hydrogen) atoms. The number of carbonyl (C=O) groups is 1. The van der Waals surface area contributed by atoms with Gasteiger partial charge in [-0.25, -0.2) is 13.1 Å². The summed E-state index contributed by atoms with van der Waals surface area (Å²) in [6, 6.07) is 2.90. The van der Waals surface area contributed by atoms with Crippen LogP contribution in [0.5, 0.6) is 5.88 Å². The summed E-state index contributed by atoms with van der Waals surface area (Å²) in [5, 5.41) is 18.1. The zero-order chi connectivity index (χ0) is 19.8. The van der Waals surface area contributed by atoms with E-state index in [1.165, 1.54) is 23.0 Å².